The number of carbonyl (C=O) groups excluding carboxylic acids is 1. The van der Waals surface area contributed by atoms with Crippen molar-refractivity contribution in [2.45, 2.75) is 53.0 Å². The summed E-state index contributed by atoms with van der Waals surface area (Å²) < 4.78 is 5.84. The molecule has 0 bridgehead atoms. The maximum absolute atomic E-state index is 12.8. The largest absolute Gasteiger partial charge is 0.373 e. The van der Waals surface area contributed by atoms with Gasteiger partial charge in [-0.2, -0.15) is 0 Å². The fourth-order valence-electron chi connectivity index (χ4n) is 3.97. The number of benzene rings is 1. The van der Waals surface area contributed by atoms with Crippen molar-refractivity contribution in [3.63, 3.8) is 0 Å². The van der Waals surface area contributed by atoms with E-state index in [1.807, 2.05) is 36.9 Å². The van der Waals surface area contributed by atoms with E-state index in [0.717, 1.165) is 38.3 Å². The third-order valence-electron chi connectivity index (χ3n) is 5.44. The maximum Gasteiger partial charge on any atom is 0.271 e. The third kappa shape index (κ3) is 6.15. The van der Waals surface area contributed by atoms with Gasteiger partial charge in [-0.05, 0) is 38.8 Å². The van der Waals surface area contributed by atoms with Crippen LogP contribution in [0.5, 0.6) is 0 Å². The van der Waals surface area contributed by atoms with Gasteiger partial charge in [0.25, 0.3) is 5.91 Å². The molecule has 2 unspecified atom stereocenters. The van der Waals surface area contributed by atoms with E-state index in [9.17, 15) is 4.79 Å². The van der Waals surface area contributed by atoms with Gasteiger partial charge in [-0.1, -0.05) is 35.9 Å². The van der Waals surface area contributed by atoms with Gasteiger partial charge in [0.05, 0.1) is 23.4 Å². The Morgan fingerprint density at radius 1 is 1.19 bits per heavy atom. The number of ether oxygens (including phenoxy) is 1. The van der Waals surface area contributed by atoms with Crippen LogP contribution in [0.15, 0.2) is 30.5 Å². The summed E-state index contributed by atoms with van der Waals surface area (Å²) in [6.45, 7) is 12.8. The molecule has 168 valence electrons. The summed E-state index contributed by atoms with van der Waals surface area (Å²) in [5.41, 5.74) is 2.48. The Labute approximate surface area is 189 Å². The summed E-state index contributed by atoms with van der Waals surface area (Å²) in [7, 11) is 0. The second-order valence-corrected chi connectivity index (χ2v) is 8.35. The molecular formula is C23H32ClN5O2. The van der Waals surface area contributed by atoms with Crippen LogP contribution in [-0.4, -0.2) is 59.2 Å². The maximum atomic E-state index is 12.8. The first-order valence-electron chi connectivity index (χ1n) is 10.9. The van der Waals surface area contributed by atoms with E-state index in [2.05, 4.69) is 40.1 Å². The number of halogens is 1. The van der Waals surface area contributed by atoms with E-state index in [0.29, 0.717) is 12.5 Å². The molecule has 0 saturated carbocycles. The molecule has 1 aliphatic heterocycles. The number of hydrogen-bond acceptors (Lipinski definition) is 6. The fourth-order valence-corrected chi connectivity index (χ4v) is 4.15. The molecule has 1 saturated heterocycles. The number of hydrogen-bond donors (Lipinski definition) is 1. The molecule has 2 heterocycles. The first-order chi connectivity index (χ1) is 14.9. The topological polar surface area (TPSA) is 70.6 Å². The molecule has 1 amide bonds. The van der Waals surface area contributed by atoms with Crippen LogP contribution < -0.4 is 10.2 Å². The summed E-state index contributed by atoms with van der Waals surface area (Å²) >= 11 is 6.23. The van der Waals surface area contributed by atoms with Crippen molar-refractivity contribution in [1.29, 1.82) is 0 Å². The van der Waals surface area contributed by atoms with E-state index < -0.39 is 0 Å². The average molecular weight is 446 g/mol. The summed E-state index contributed by atoms with van der Waals surface area (Å²) in [5.74, 6) is 0.208. The SMILES string of the molecule is CCN(CC)c1ncc(Cl)c(C(=O)NCc2ccccc2CN2CC(C)OC(C)C2)n1. The molecule has 1 N–H and O–H groups in total. The highest BCUT2D eigenvalue weighted by molar-refractivity contribution is 6.33. The molecule has 7 nitrogen and oxygen atoms in total. The first kappa shape index (κ1) is 23.4. The zero-order chi connectivity index (χ0) is 22.4. The van der Waals surface area contributed by atoms with Gasteiger partial charge in [-0.3, -0.25) is 9.69 Å². The van der Waals surface area contributed by atoms with E-state index in [4.69, 9.17) is 16.3 Å². The van der Waals surface area contributed by atoms with Crippen molar-refractivity contribution in [3.8, 4) is 0 Å². The molecule has 0 aliphatic carbocycles. The summed E-state index contributed by atoms with van der Waals surface area (Å²) in [6, 6.07) is 8.19. The number of nitrogens with zero attached hydrogens (tertiary/aromatic N) is 4. The van der Waals surface area contributed by atoms with Crippen molar-refractivity contribution in [2.24, 2.45) is 0 Å². The van der Waals surface area contributed by atoms with Crippen LogP contribution in [0.1, 0.15) is 49.3 Å². The van der Waals surface area contributed by atoms with Crippen LogP contribution in [0.2, 0.25) is 5.02 Å². The highest BCUT2D eigenvalue weighted by atomic mass is 35.5. The standard InChI is InChI=1S/C23H32ClN5O2/c1-5-29(6-2)23-26-12-20(24)21(27-23)22(30)25-11-18-9-7-8-10-19(18)15-28-13-16(3)31-17(4)14-28/h7-10,12,16-17H,5-6,11,13-15H2,1-4H3,(H,25,30). The lowest BCUT2D eigenvalue weighted by Gasteiger charge is -2.35. The molecule has 8 heteroatoms. The lowest BCUT2D eigenvalue weighted by molar-refractivity contribution is -0.0705. The molecule has 1 aromatic carbocycles. The normalized spacial score (nSPS) is 19.3. The predicted octanol–water partition coefficient (Wildman–Crippen LogP) is 3.52. The van der Waals surface area contributed by atoms with Crippen molar-refractivity contribution >= 4 is 23.5 Å². The highest BCUT2D eigenvalue weighted by Crippen LogP contribution is 2.19. The number of anilines is 1. The lowest BCUT2D eigenvalue weighted by Crippen LogP contribution is -2.45. The molecule has 1 aliphatic rings. The van der Waals surface area contributed by atoms with Crippen LogP contribution in [0.25, 0.3) is 0 Å². The molecule has 31 heavy (non-hydrogen) atoms. The van der Waals surface area contributed by atoms with Crippen LogP contribution in [0.3, 0.4) is 0 Å². The van der Waals surface area contributed by atoms with Gasteiger partial charge in [0.1, 0.15) is 0 Å². The third-order valence-corrected chi connectivity index (χ3v) is 5.72. The monoisotopic (exact) mass is 445 g/mol. The van der Waals surface area contributed by atoms with E-state index in [-0.39, 0.29) is 28.8 Å². The Kier molecular flexibility index (Phi) is 8.23. The lowest BCUT2D eigenvalue weighted by atomic mass is 10.1. The highest BCUT2D eigenvalue weighted by Gasteiger charge is 2.23. The van der Waals surface area contributed by atoms with Crippen LogP contribution in [-0.2, 0) is 17.8 Å². The Hall–Kier alpha value is -2.22. The van der Waals surface area contributed by atoms with Crippen LogP contribution in [0.4, 0.5) is 5.95 Å². The van der Waals surface area contributed by atoms with Gasteiger partial charge in [0.15, 0.2) is 5.69 Å². The second kappa shape index (κ2) is 10.9. The predicted molar refractivity (Wildman–Crippen MR) is 124 cm³/mol. The van der Waals surface area contributed by atoms with Crippen molar-refractivity contribution in [1.82, 2.24) is 20.2 Å². The summed E-state index contributed by atoms with van der Waals surface area (Å²) in [4.78, 5) is 25.9. The Morgan fingerprint density at radius 2 is 1.84 bits per heavy atom. The number of nitrogens with one attached hydrogen (secondary N) is 1. The van der Waals surface area contributed by atoms with E-state index in [1.54, 1.807) is 0 Å². The van der Waals surface area contributed by atoms with Crippen molar-refractivity contribution < 1.29 is 9.53 Å². The molecule has 1 aromatic heterocycles. The minimum Gasteiger partial charge on any atom is -0.373 e. The number of rotatable bonds is 8. The van der Waals surface area contributed by atoms with Crippen molar-refractivity contribution in [2.75, 3.05) is 31.1 Å². The molecule has 0 radical (unpaired) electrons. The first-order valence-corrected chi connectivity index (χ1v) is 11.3. The zero-order valence-corrected chi connectivity index (χ0v) is 19.5. The fraction of sp³-hybridized carbons (Fsp3) is 0.522. The van der Waals surface area contributed by atoms with Crippen molar-refractivity contribution in [3.05, 3.63) is 52.3 Å². The smallest absolute Gasteiger partial charge is 0.271 e. The molecular weight excluding hydrogens is 414 g/mol. The molecule has 3 rings (SSSR count). The summed E-state index contributed by atoms with van der Waals surface area (Å²) in [6.07, 6.45) is 1.93. The summed E-state index contributed by atoms with van der Waals surface area (Å²) in [5, 5.41) is 3.23. The minimum absolute atomic E-state index is 0.201. The van der Waals surface area contributed by atoms with Gasteiger partial charge in [0, 0.05) is 39.3 Å². The van der Waals surface area contributed by atoms with E-state index >= 15 is 0 Å². The number of amides is 1. The molecule has 2 aromatic rings. The molecule has 2 atom stereocenters. The van der Waals surface area contributed by atoms with Crippen LogP contribution in [0, 0.1) is 0 Å². The Bertz CT molecular complexity index is 880. The Balaban J connectivity index is 1.69. The quantitative estimate of drug-likeness (QED) is 0.670. The molecule has 0 spiro atoms. The molecule has 1 fully saturated rings. The average Bonchev–Trinajstić information content (AvgIpc) is 2.74. The number of carbonyl (C=O) groups is 1. The van der Waals surface area contributed by atoms with Gasteiger partial charge in [0.2, 0.25) is 5.95 Å². The van der Waals surface area contributed by atoms with Crippen LogP contribution >= 0.6 is 11.6 Å². The van der Waals surface area contributed by atoms with Gasteiger partial charge in [-0.15, -0.1) is 0 Å². The second-order valence-electron chi connectivity index (χ2n) is 7.94. The minimum atomic E-state index is -0.302. The van der Waals surface area contributed by atoms with E-state index in [1.165, 1.54) is 11.8 Å². The van der Waals surface area contributed by atoms with Gasteiger partial charge >= 0.3 is 0 Å². The zero-order valence-electron chi connectivity index (χ0n) is 18.8. The van der Waals surface area contributed by atoms with Gasteiger partial charge in [-0.25, -0.2) is 9.97 Å². The van der Waals surface area contributed by atoms with Gasteiger partial charge < -0.3 is 15.0 Å². The Morgan fingerprint density at radius 3 is 2.48 bits per heavy atom. The number of aromatic nitrogens is 2. The number of morpholine rings is 1.